The molecule has 0 radical (unpaired) electrons. The molecule has 1 aliphatic rings. The second-order valence-electron chi connectivity index (χ2n) is 7.32. The molecule has 5 nitrogen and oxygen atoms in total. The van der Waals surface area contributed by atoms with Gasteiger partial charge >= 0.3 is 0 Å². The Labute approximate surface area is 176 Å². The van der Waals surface area contributed by atoms with Crippen molar-refractivity contribution in [3.63, 3.8) is 0 Å². The molecule has 2 heterocycles. The summed E-state index contributed by atoms with van der Waals surface area (Å²) >= 11 is 2.88. The van der Waals surface area contributed by atoms with E-state index in [1.165, 1.54) is 34.3 Å². The van der Waals surface area contributed by atoms with Gasteiger partial charge in [0.15, 0.2) is 5.16 Å². The van der Waals surface area contributed by atoms with E-state index in [0.717, 1.165) is 35.0 Å². The van der Waals surface area contributed by atoms with Gasteiger partial charge in [0, 0.05) is 19.0 Å². The fourth-order valence-electron chi connectivity index (χ4n) is 3.64. The van der Waals surface area contributed by atoms with Crippen LogP contribution in [0.3, 0.4) is 0 Å². The maximum atomic E-state index is 13.1. The zero-order chi connectivity index (χ0) is 20.7. The number of amides is 1. The molecule has 0 fully saturated rings. The first kappa shape index (κ1) is 20.1. The Morgan fingerprint density at radius 2 is 2.07 bits per heavy atom. The highest BCUT2D eigenvalue weighted by Crippen LogP contribution is 2.35. The van der Waals surface area contributed by atoms with E-state index in [2.05, 4.69) is 4.98 Å². The first-order valence-electron chi connectivity index (χ1n) is 9.52. The lowest BCUT2D eigenvalue weighted by Crippen LogP contribution is -2.31. The average molecular weight is 432 g/mol. The zero-order valence-corrected chi connectivity index (χ0v) is 18.2. The van der Waals surface area contributed by atoms with Gasteiger partial charge in [-0.3, -0.25) is 14.2 Å². The van der Waals surface area contributed by atoms with Crippen molar-refractivity contribution in [3.05, 3.63) is 56.4 Å². The van der Waals surface area contributed by atoms with Crippen molar-refractivity contribution in [3.8, 4) is 0 Å². The van der Waals surface area contributed by atoms with Crippen LogP contribution in [0, 0.1) is 5.82 Å². The number of halogens is 1. The Morgan fingerprint density at radius 3 is 2.79 bits per heavy atom. The van der Waals surface area contributed by atoms with Gasteiger partial charge in [0.1, 0.15) is 10.6 Å². The van der Waals surface area contributed by atoms with Crippen LogP contribution >= 0.6 is 23.1 Å². The maximum absolute atomic E-state index is 13.1. The van der Waals surface area contributed by atoms with Crippen LogP contribution in [-0.2, 0) is 24.7 Å². The third-order valence-corrected chi connectivity index (χ3v) is 7.76. The Kier molecular flexibility index (Phi) is 5.48. The van der Waals surface area contributed by atoms with Gasteiger partial charge in [-0.1, -0.05) is 23.9 Å². The molecule has 0 saturated carbocycles. The Morgan fingerprint density at radius 1 is 1.34 bits per heavy atom. The Bertz CT molecular complexity index is 1140. The van der Waals surface area contributed by atoms with Crippen molar-refractivity contribution in [2.24, 2.45) is 7.05 Å². The van der Waals surface area contributed by atoms with Crippen LogP contribution < -0.4 is 5.56 Å². The van der Waals surface area contributed by atoms with Crippen molar-refractivity contribution in [1.29, 1.82) is 0 Å². The summed E-state index contributed by atoms with van der Waals surface area (Å²) < 4.78 is 14.7. The number of thiophene rings is 1. The van der Waals surface area contributed by atoms with E-state index in [9.17, 15) is 14.0 Å². The van der Waals surface area contributed by atoms with Crippen molar-refractivity contribution in [1.82, 2.24) is 14.5 Å². The average Bonchev–Trinajstić information content (AvgIpc) is 3.29. The highest BCUT2D eigenvalue weighted by atomic mass is 32.2. The number of benzene rings is 1. The minimum absolute atomic E-state index is 0.0302. The molecule has 1 aromatic carbocycles. The number of fused-ring (bicyclic) bond motifs is 3. The van der Waals surface area contributed by atoms with Crippen LogP contribution in [0.4, 0.5) is 4.39 Å². The first-order chi connectivity index (χ1) is 13.9. The summed E-state index contributed by atoms with van der Waals surface area (Å²) in [5.41, 5.74) is 2.00. The Balaban J connectivity index is 1.50. The van der Waals surface area contributed by atoms with Gasteiger partial charge in [0.05, 0.1) is 17.2 Å². The molecule has 0 N–H and O–H groups in total. The van der Waals surface area contributed by atoms with Gasteiger partial charge in [0.25, 0.3) is 5.56 Å². The van der Waals surface area contributed by atoms with Crippen molar-refractivity contribution >= 4 is 39.2 Å². The SMILES string of the molecule is CC(c1ccc(F)cc1)N(C)C(=O)CSc1nc2sc3c(c2c(=O)n1C)CCC3. The van der Waals surface area contributed by atoms with E-state index < -0.39 is 0 Å². The van der Waals surface area contributed by atoms with E-state index in [4.69, 9.17) is 0 Å². The monoisotopic (exact) mass is 431 g/mol. The second kappa shape index (κ2) is 7.91. The number of aromatic nitrogens is 2. The third kappa shape index (κ3) is 3.71. The number of nitrogens with zero attached hydrogens (tertiary/aromatic N) is 3. The summed E-state index contributed by atoms with van der Waals surface area (Å²) in [6.45, 7) is 1.91. The number of aryl methyl sites for hydroxylation is 2. The van der Waals surface area contributed by atoms with Crippen molar-refractivity contribution in [2.75, 3.05) is 12.8 Å². The summed E-state index contributed by atoms with van der Waals surface area (Å²) in [4.78, 5) is 33.9. The summed E-state index contributed by atoms with van der Waals surface area (Å²) in [6, 6.07) is 5.99. The molecule has 152 valence electrons. The molecule has 8 heteroatoms. The van der Waals surface area contributed by atoms with Gasteiger partial charge in [0.2, 0.25) is 5.91 Å². The highest BCUT2D eigenvalue weighted by molar-refractivity contribution is 7.99. The lowest BCUT2D eigenvalue weighted by Gasteiger charge is -2.25. The molecule has 1 unspecified atom stereocenters. The zero-order valence-electron chi connectivity index (χ0n) is 16.6. The molecule has 1 aliphatic carbocycles. The van der Waals surface area contributed by atoms with Crippen LogP contribution in [0.5, 0.6) is 0 Å². The number of hydrogen-bond acceptors (Lipinski definition) is 5. The van der Waals surface area contributed by atoms with E-state index in [1.54, 1.807) is 47.0 Å². The molecule has 2 aromatic heterocycles. The van der Waals surface area contributed by atoms with Crippen LogP contribution in [0.2, 0.25) is 0 Å². The molecule has 0 spiro atoms. The summed E-state index contributed by atoms with van der Waals surface area (Å²) in [5, 5.41) is 1.31. The summed E-state index contributed by atoms with van der Waals surface area (Å²) in [6.07, 6.45) is 3.07. The number of rotatable bonds is 5. The second-order valence-corrected chi connectivity index (χ2v) is 9.34. The van der Waals surface area contributed by atoms with E-state index >= 15 is 0 Å². The number of hydrogen-bond donors (Lipinski definition) is 0. The van der Waals surface area contributed by atoms with Crippen LogP contribution in [0.1, 0.15) is 35.4 Å². The lowest BCUT2D eigenvalue weighted by molar-refractivity contribution is -0.128. The van der Waals surface area contributed by atoms with E-state index in [0.29, 0.717) is 5.16 Å². The predicted octanol–water partition coefficient (Wildman–Crippen LogP) is 3.93. The first-order valence-corrected chi connectivity index (χ1v) is 11.3. The third-order valence-electron chi connectivity index (χ3n) is 5.56. The molecule has 3 aromatic rings. The molecule has 1 atom stereocenters. The molecule has 1 amide bonds. The molecule has 0 bridgehead atoms. The van der Waals surface area contributed by atoms with Gasteiger partial charge in [-0.25, -0.2) is 9.37 Å². The van der Waals surface area contributed by atoms with E-state index in [1.807, 2.05) is 6.92 Å². The number of carbonyl (C=O) groups is 1. The Hall–Kier alpha value is -2.19. The topological polar surface area (TPSA) is 55.2 Å². The van der Waals surface area contributed by atoms with Gasteiger partial charge in [-0.15, -0.1) is 11.3 Å². The fraction of sp³-hybridized carbons (Fsp3) is 0.381. The highest BCUT2D eigenvalue weighted by Gasteiger charge is 2.23. The molecular weight excluding hydrogens is 409 g/mol. The number of carbonyl (C=O) groups excluding carboxylic acids is 1. The minimum Gasteiger partial charge on any atom is -0.338 e. The fourth-order valence-corrected chi connectivity index (χ4v) is 5.84. The van der Waals surface area contributed by atoms with Gasteiger partial charge < -0.3 is 4.90 Å². The van der Waals surface area contributed by atoms with E-state index in [-0.39, 0.29) is 29.1 Å². The summed E-state index contributed by atoms with van der Waals surface area (Å²) in [7, 11) is 3.45. The predicted molar refractivity (Wildman–Crippen MR) is 115 cm³/mol. The standard InChI is InChI=1S/C21H22FN3O2S2/c1-12(13-7-9-14(22)10-8-13)24(2)17(26)11-28-21-23-19-18(20(27)25(21)3)15-5-4-6-16(15)29-19/h7-10,12H,4-6,11H2,1-3H3. The molecule has 0 saturated heterocycles. The largest absolute Gasteiger partial charge is 0.338 e. The maximum Gasteiger partial charge on any atom is 0.262 e. The molecular formula is C21H22FN3O2S2. The molecule has 4 rings (SSSR count). The van der Waals surface area contributed by atoms with Crippen molar-refractivity contribution in [2.45, 2.75) is 37.4 Å². The lowest BCUT2D eigenvalue weighted by atomic mass is 10.1. The van der Waals surface area contributed by atoms with Crippen LogP contribution in [0.25, 0.3) is 10.2 Å². The minimum atomic E-state index is -0.299. The summed E-state index contributed by atoms with van der Waals surface area (Å²) in [5.74, 6) is -0.193. The van der Waals surface area contributed by atoms with Crippen LogP contribution in [-0.4, -0.2) is 33.2 Å². The molecule has 0 aliphatic heterocycles. The van der Waals surface area contributed by atoms with Gasteiger partial charge in [-0.05, 0) is 49.4 Å². The van der Waals surface area contributed by atoms with Crippen molar-refractivity contribution < 1.29 is 9.18 Å². The van der Waals surface area contributed by atoms with Crippen LogP contribution in [0.15, 0.2) is 34.2 Å². The molecule has 29 heavy (non-hydrogen) atoms. The normalized spacial score (nSPS) is 14.2. The smallest absolute Gasteiger partial charge is 0.262 e. The number of thioether (sulfide) groups is 1. The quantitative estimate of drug-likeness (QED) is 0.454. The van der Waals surface area contributed by atoms with Gasteiger partial charge in [-0.2, -0.15) is 0 Å².